The molecule has 38 heavy (non-hydrogen) atoms. The summed E-state index contributed by atoms with van der Waals surface area (Å²) in [6.07, 6.45) is 4.74. The van der Waals surface area contributed by atoms with Gasteiger partial charge in [0.15, 0.2) is 0 Å². The average Bonchev–Trinajstić information content (AvgIpc) is 2.87. The van der Waals surface area contributed by atoms with Crippen LogP contribution >= 0.6 is 0 Å². The van der Waals surface area contributed by atoms with Gasteiger partial charge in [0, 0.05) is 49.0 Å². The third kappa shape index (κ3) is 5.45. The number of sulfonamides is 1. The van der Waals surface area contributed by atoms with Crippen LogP contribution in [0.1, 0.15) is 54.9 Å². The second kappa shape index (κ2) is 10.6. The van der Waals surface area contributed by atoms with Crippen LogP contribution in [0.5, 0.6) is 0 Å². The number of hydrogen-bond donors (Lipinski definition) is 1. The predicted octanol–water partition coefficient (Wildman–Crippen LogP) is 4.61. The van der Waals surface area contributed by atoms with Crippen LogP contribution in [0.3, 0.4) is 0 Å². The lowest BCUT2D eigenvalue weighted by atomic mass is 9.80. The Labute approximate surface area is 222 Å². The Morgan fingerprint density at radius 1 is 1.00 bits per heavy atom. The van der Waals surface area contributed by atoms with Gasteiger partial charge in [-0.2, -0.15) is 0 Å². The number of nitrogens with zero attached hydrogens (tertiary/aromatic N) is 3. The standard InChI is InChI=1S/C28H32N4O5S/c1-19(2)37-28(34)32-15-13-31(14-16-32)27(33)21-9-11-24(12-10-21)30-38(35,36)25-8-4-7-22-17-23(18-29-26(22)25)20-5-3-6-20/h4,7-12,17-20,30H,3,5-6,13-16H2,1-2H3. The van der Waals surface area contributed by atoms with Gasteiger partial charge < -0.3 is 14.5 Å². The highest BCUT2D eigenvalue weighted by molar-refractivity contribution is 7.93. The van der Waals surface area contributed by atoms with Gasteiger partial charge in [-0.15, -0.1) is 0 Å². The Morgan fingerprint density at radius 2 is 1.68 bits per heavy atom. The van der Waals surface area contributed by atoms with E-state index in [1.54, 1.807) is 66.2 Å². The molecule has 1 N–H and O–H groups in total. The summed E-state index contributed by atoms with van der Waals surface area (Å²) < 4.78 is 34.3. The van der Waals surface area contributed by atoms with Crippen molar-refractivity contribution in [2.45, 2.75) is 50.0 Å². The number of fused-ring (bicyclic) bond motifs is 1. The summed E-state index contributed by atoms with van der Waals surface area (Å²) in [5.41, 5.74) is 2.39. The van der Waals surface area contributed by atoms with E-state index in [1.165, 1.54) is 6.42 Å². The Kier molecular flexibility index (Phi) is 7.25. The second-order valence-electron chi connectivity index (χ2n) is 10.1. The quantitative estimate of drug-likeness (QED) is 0.493. The minimum Gasteiger partial charge on any atom is -0.447 e. The number of nitrogens with one attached hydrogen (secondary N) is 1. The molecule has 0 spiro atoms. The van der Waals surface area contributed by atoms with Crippen LogP contribution in [0.25, 0.3) is 10.9 Å². The van der Waals surface area contributed by atoms with Crippen molar-refractivity contribution in [3.8, 4) is 0 Å². The first-order chi connectivity index (χ1) is 18.2. The maximum absolute atomic E-state index is 13.3. The van der Waals surface area contributed by atoms with Crippen LogP contribution in [0, 0.1) is 0 Å². The zero-order chi connectivity index (χ0) is 26.9. The number of ether oxygens (including phenoxy) is 1. The lowest BCUT2D eigenvalue weighted by Gasteiger charge is -2.34. The molecule has 1 aliphatic heterocycles. The van der Waals surface area contributed by atoms with E-state index in [2.05, 4.69) is 9.71 Å². The van der Waals surface area contributed by atoms with Crippen molar-refractivity contribution in [1.29, 1.82) is 0 Å². The molecule has 9 nitrogen and oxygen atoms in total. The van der Waals surface area contributed by atoms with E-state index in [-0.39, 0.29) is 23.0 Å². The van der Waals surface area contributed by atoms with Crippen LogP contribution in [0.4, 0.5) is 10.5 Å². The summed E-state index contributed by atoms with van der Waals surface area (Å²) in [5.74, 6) is 0.341. The molecular formula is C28H32N4O5S. The summed E-state index contributed by atoms with van der Waals surface area (Å²) in [5, 5.41) is 0.802. The number of rotatable bonds is 6. The number of amides is 2. The highest BCUT2D eigenvalue weighted by Crippen LogP contribution is 2.37. The third-order valence-corrected chi connectivity index (χ3v) is 8.52. The van der Waals surface area contributed by atoms with E-state index >= 15 is 0 Å². The van der Waals surface area contributed by atoms with Gasteiger partial charge in [0.2, 0.25) is 0 Å². The molecule has 1 saturated carbocycles. The minimum absolute atomic E-state index is 0.115. The first-order valence-corrected chi connectivity index (χ1v) is 14.5. The molecule has 1 saturated heterocycles. The van der Waals surface area contributed by atoms with Gasteiger partial charge in [0.1, 0.15) is 4.90 Å². The van der Waals surface area contributed by atoms with E-state index in [1.807, 2.05) is 12.1 Å². The van der Waals surface area contributed by atoms with Crippen molar-refractivity contribution >= 4 is 38.6 Å². The van der Waals surface area contributed by atoms with Gasteiger partial charge in [-0.1, -0.05) is 18.6 Å². The zero-order valence-electron chi connectivity index (χ0n) is 21.6. The van der Waals surface area contributed by atoms with Crippen molar-refractivity contribution < 1.29 is 22.7 Å². The first-order valence-electron chi connectivity index (χ1n) is 13.0. The summed E-state index contributed by atoms with van der Waals surface area (Å²) in [6.45, 7) is 5.19. The molecule has 3 aromatic rings. The molecule has 2 fully saturated rings. The SMILES string of the molecule is CC(C)OC(=O)N1CCN(C(=O)c2ccc(NS(=O)(=O)c3cccc4cc(C5CCC5)cnc34)cc2)CC1. The highest BCUT2D eigenvalue weighted by Gasteiger charge is 2.27. The van der Waals surface area contributed by atoms with Gasteiger partial charge in [-0.3, -0.25) is 14.5 Å². The topological polar surface area (TPSA) is 109 Å². The third-order valence-electron chi connectivity index (χ3n) is 7.11. The molecule has 10 heteroatoms. The Balaban J connectivity index is 1.25. The number of hydrogen-bond acceptors (Lipinski definition) is 6. The van der Waals surface area contributed by atoms with Crippen LogP contribution in [-0.2, 0) is 14.8 Å². The van der Waals surface area contributed by atoms with Crippen LogP contribution in [-0.4, -0.2) is 67.5 Å². The van der Waals surface area contributed by atoms with E-state index in [9.17, 15) is 18.0 Å². The summed E-state index contributed by atoms with van der Waals surface area (Å²) in [6, 6.07) is 13.6. The fourth-order valence-corrected chi connectivity index (χ4v) is 6.01. The number of piperazine rings is 1. The molecule has 0 unspecified atom stereocenters. The molecule has 2 aromatic carbocycles. The second-order valence-corrected chi connectivity index (χ2v) is 11.8. The molecule has 1 aromatic heterocycles. The van der Waals surface area contributed by atoms with Crippen molar-refractivity contribution in [1.82, 2.24) is 14.8 Å². The molecular weight excluding hydrogens is 504 g/mol. The molecule has 1 aliphatic carbocycles. The molecule has 0 bridgehead atoms. The van der Waals surface area contributed by atoms with Crippen molar-refractivity contribution in [2.24, 2.45) is 0 Å². The minimum atomic E-state index is -3.90. The molecule has 200 valence electrons. The maximum atomic E-state index is 13.3. The van der Waals surface area contributed by atoms with E-state index in [0.29, 0.717) is 48.9 Å². The maximum Gasteiger partial charge on any atom is 0.410 e. The number of carbonyl (C=O) groups is 2. The fourth-order valence-electron chi connectivity index (χ4n) is 4.77. The van der Waals surface area contributed by atoms with Gasteiger partial charge in [-0.05, 0) is 74.6 Å². The Hall–Kier alpha value is -3.66. The zero-order valence-corrected chi connectivity index (χ0v) is 22.4. The number of pyridine rings is 1. The molecule has 0 atom stereocenters. The molecule has 2 amide bonds. The van der Waals surface area contributed by atoms with Crippen molar-refractivity contribution in [3.63, 3.8) is 0 Å². The van der Waals surface area contributed by atoms with E-state index in [0.717, 1.165) is 23.8 Å². The number of benzene rings is 2. The monoisotopic (exact) mass is 536 g/mol. The number of para-hydroxylation sites is 1. The number of anilines is 1. The Morgan fingerprint density at radius 3 is 2.32 bits per heavy atom. The van der Waals surface area contributed by atoms with Gasteiger partial charge in [0.05, 0.1) is 11.6 Å². The van der Waals surface area contributed by atoms with Crippen molar-refractivity contribution in [2.75, 3.05) is 30.9 Å². The molecule has 2 aliphatic rings. The van der Waals surface area contributed by atoms with Crippen LogP contribution < -0.4 is 4.72 Å². The van der Waals surface area contributed by atoms with Crippen LogP contribution in [0.2, 0.25) is 0 Å². The summed E-state index contributed by atoms with van der Waals surface area (Å²) >= 11 is 0. The summed E-state index contributed by atoms with van der Waals surface area (Å²) in [7, 11) is -3.90. The lowest BCUT2D eigenvalue weighted by molar-refractivity contribution is 0.0476. The molecule has 2 heterocycles. The molecule has 5 rings (SSSR count). The normalized spacial score (nSPS) is 16.4. The fraction of sp³-hybridized carbons (Fsp3) is 0.393. The van der Waals surface area contributed by atoms with Gasteiger partial charge in [-0.25, -0.2) is 13.2 Å². The van der Waals surface area contributed by atoms with E-state index < -0.39 is 10.0 Å². The smallest absolute Gasteiger partial charge is 0.410 e. The van der Waals surface area contributed by atoms with Crippen molar-refractivity contribution in [3.05, 3.63) is 65.9 Å². The van der Waals surface area contributed by atoms with Gasteiger partial charge in [0.25, 0.3) is 15.9 Å². The van der Waals surface area contributed by atoms with Crippen LogP contribution in [0.15, 0.2) is 59.6 Å². The number of aromatic nitrogens is 1. The number of carbonyl (C=O) groups excluding carboxylic acids is 2. The predicted molar refractivity (Wildman–Crippen MR) is 145 cm³/mol. The van der Waals surface area contributed by atoms with Gasteiger partial charge >= 0.3 is 6.09 Å². The largest absolute Gasteiger partial charge is 0.447 e. The summed E-state index contributed by atoms with van der Waals surface area (Å²) in [4.78, 5) is 32.9. The lowest BCUT2D eigenvalue weighted by Crippen LogP contribution is -2.51. The average molecular weight is 537 g/mol. The highest BCUT2D eigenvalue weighted by atomic mass is 32.2. The Bertz CT molecular complexity index is 1440. The first kappa shape index (κ1) is 26.0. The van der Waals surface area contributed by atoms with E-state index in [4.69, 9.17) is 4.74 Å². The molecule has 0 radical (unpaired) electrons.